The number of methoxy groups -OCH3 is 1. The molecule has 2 unspecified atom stereocenters. The fourth-order valence-corrected chi connectivity index (χ4v) is 4.27. The molecule has 0 spiro atoms. The molecule has 6 heteroatoms. The molecule has 0 radical (unpaired) electrons. The van der Waals surface area contributed by atoms with E-state index in [-0.39, 0.29) is 12.1 Å². The monoisotopic (exact) mass is 298 g/mol. The number of ether oxygens (including phenoxy) is 1. The van der Waals surface area contributed by atoms with Gasteiger partial charge in [-0.25, -0.2) is 13.1 Å². The highest BCUT2D eigenvalue weighted by Crippen LogP contribution is 2.24. The quantitative estimate of drug-likeness (QED) is 0.858. The summed E-state index contributed by atoms with van der Waals surface area (Å²) in [7, 11) is -1.89. The molecule has 0 bridgehead atoms. The van der Waals surface area contributed by atoms with Crippen LogP contribution in [0.3, 0.4) is 0 Å². The van der Waals surface area contributed by atoms with Gasteiger partial charge < -0.3 is 10.5 Å². The highest BCUT2D eigenvalue weighted by Gasteiger charge is 2.31. The summed E-state index contributed by atoms with van der Waals surface area (Å²) in [5, 5.41) is 0. The molecule has 1 aliphatic rings. The Bertz CT molecular complexity index is 572. The van der Waals surface area contributed by atoms with Gasteiger partial charge in [-0.2, -0.15) is 0 Å². The minimum Gasteiger partial charge on any atom is -0.380 e. The van der Waals surface area contributed by atoms with Crippen LogP contribution >= 0.6 is 0 Å². The van der Waals surface area contributed by atoms with Crippen LogP contribution in [0.5, 0.6) is 0 Å². The first-order valence-electron chi connectivity index (χ1n) is 6.82. The van der Waals surface area contributed by atoms with Crippen molar-refractivity contribution in [3.05, 3.63) is 29.3 Å². The van der Waals surface area contributed by atoms with Crippen molar-refractivity contribution < 1.29 is 13.2 Å². The maximum Gasteiger partial charge on any atom is 0.241 e. The minimum absolute atomic E-state index is 0.0339. The molecule has 1 fully saturated rings. The van der Waals surface area contributed by atoms with Crippen LogP contribution in [0, 0.1) is 6.92 Å². The van der Waals surface area contributed by atoms with E-state index in [0.717, 1.165) is 24.8 Å². The predicted molar refractivity (Wildman–Crippen MR) is 77.8 cm³/mol. The lowest BCUT2D eigenvalue weighted by atomic mass is 10.1. The van der Waals surface area contributed by atoms with Crippen molar-refractivity contribution in [2.75, 3.05) is 7.11 Å². The zero-order valence-corrected chi connectivity index (χ0v) is 12.7. The second-order valence-electron chi connectivity index (χ2n) is 5.24. The molecular weight excluding hydrogens is 276 g/mol. The maximum absolute atomic E-state index is 12.5. The van der Waals surface area contributed by atoms with E-state index in [1.54, 1.807) is 26.2 Å². The molecule has 1 saturated carbocycles. The first-order chi connectivity index (χ1) is 9.47. The van der Waals surface area contributed by atoms with Gasteiger partial charge >= 0.3 is 0 Å². The first-order valence-corrected chi connectivity index (χ1v) is 8.31. The normalized spacial score (nSPS) is 23.1. The molecule has 2 rings (SSSR count). The van der Waals surface area contributed by atoms with Crippen molar-refractivity contribution in [2.24, 2.45) is 5.73 Å². The van der Waals surface area contributed by atoms with Crippen molar-refractivity contribution in [3.63, 3.8) is 0 Å². The van der Waals surface area contributed by atoms with Crippen molar-refractivity contribution in [1.82, 2.24) is 4.72 Å². The number of aryl methyl sites for hydroxylation is 1. The van der Waals surface area contributed by atoms with Crippen LogP contribution < -0.4 is 10.5 Å². The van der Waals surface area contributed by atoms with E-state index < -0.39 is 10.0 Å². The zero-order chi connectivity index (χ0) is 14.8. The zero-order valence-electron chi connectivity index (χ0n) is 11.9. The lowest BCUT2D eigenvalue weighted by Gasteiger charge is -2.20. The van der Waals surface area contributed by atoms with Gasteiger partial charge in [0.15, 0.2) is 0 Å². The molecule has 112 valence electrons. The molecular formula is C14H22N2O3S. The van der Waals surface area contributed by atoms with E-state index >= 15 is 0 Å². The van der Waals surface area contributed by atoms with E-state index in [1.807, 2.05) is 6.07 Å². The lowest BCUT2D eigenvalue weighted by molar-refractivity contribution is 0.0916. The molecule has 20 heavy (non-hydrogen) atoms. The van der Waals surface area contributed by atoms with Gasteiger partial charge in [-0.15, -0.1) is 0 Å². The minimum atomic E-state index is -3.51. The van der Waals surface area contributed by atoms with E-state index in [9.17, 15) is 8.42 Å². The van der Waals surface area contributed by atoms with Gasteiger partial charge in [0, 0.05) is 19.7 Å². The summed E-state index contributed by atoms with van der Waals surface area (Å²) in [5.41, 5.74) is 7.21. The summed E-state index contributed by atoms with van der Waals surface area (Å²) in [6.07, 6.45) is 2.66. The molecule has 0 aromatic heterocycles. The van der Waals surface area contributed by atoms with Crippen molar-refractivity contribution in [3.8, 4) is 0 Å². The van der Waals surface area contributed by atoms with Crippen LogP contribution in [-0.2, 0) is 21.3 Å². The van der Waals surface area contributed by atoms with Crippen LogP contribution in [0.15, 0.2) is 23.1 Å². The number of sulfonamides is 1. The molecule has 1 aromatic carbocycles. The number of nitrogens with two attached hydrogens (primary N) is 1. The number of hydrogen-bond acceptors (Lipinski definition) is 4. The molecule has 3 N–H and O–H groups in total. The third-order valence-corrected chi connectivity index (χ3v) is 5.48. The number of nitrogens with one attached hydrogen (secondary N) is 1. The summed E-state index contributed by atoms with van der Waals surface area (Å²) in [6.45, 7) is 2.19. The van der Waals surface area contributed by atoms with Crippen LogP contribution in [0.4, 0.5) is 0 Å². The Morgan fingerprint density at radius 1 is 1.40 bits per heavy atom. The van der Waals surface area contributed by atoms with Gasteiger partial charge in [0.2, 0.25) is 10.0 Å². The Labute approximate surface area is 120 Å². The van der Waals surface area contributed by atoms with Gasteiger partial charge in [0.1, 0.15) is 0 Å². The van der Waals surface area contributed by atoms with Crippen molar-refractivity contribution >= 4 is 10.0 Å². The molecule has 1 aliphatic carbocycles. The summed E-state index contributed by atoms with van der Waals surface area (Å²) < 4.78 is 33.0. The van der Waals surface area contributed by atoms with E-state index in [1.165, 1.54) is 0 Å². The van der Waals surface area contributed by atoms with Crippen LogP contribution in [0.25, 0.3) is 0 Å². The first kappa shape index (κ1) is 15.4. The average molecular weight is 298 g/mol. The summed E-state index contributed by atoms with van der Waals surface area (Å²) in [4.78, 5) is 0.316. The standard InChI is InChI=1S/C14H22N2O3S/c1-10-8-11(9-15)6-7-14(10)20(17,18)16-12-4-3-5-13(12)19-2/h6-8,12-13,16H,3-5,9,15H2,1-2H3. The van der Waals surface area contributed by atoms with Crippen molar-refractivity contribution in [2.45, 2.75) is 49.8 Å². The third kappa shape index (κ3) is 3.20. The molecule has 0 saturated heterocycles. The Hall–Kier alpha value is -0.950. The molecule has 1 aromatic rings. The van der Waals surface area contributed by atoms with Crippen LogP contribution in [0.1, 0.15) is 30.4 Å². The highest BCUT2D eigenvalue weighted by atomic mass is 32.2. The van der Waals surface area contributed by atoms with Gasteiger partial charge in [0.05, 0.1) is 11.0 Å². The second-order valence-corrected chi connectivity index (χ2v) is 6.92. The molecule has 0 heterocycles. The van der Waals surface area contributed by atoms with Crippen LogP contribution in [-0.4, -0.2) is 27.7 Å². The fraction of sp³-hybridized carbons (Fsp3) is 0.571. The van der Waals surface area contributed by atoms with E-state index in [2.05, 4.69) is 4.72 Å². The van der Waals surface area contributed by atoms with Gasteiger partial charge in [-0.1, -0.05) is 12.1 Å². The highest BCUT2D eigenvalue weighted by molar-refractivity contribution is 7.89. The number of rotatable bonds is 5. The Kier molecular flexibility index (Phi) is 4.80. The number of benzene rings is 1. The largest absolute Gasteiger partial charge is 0.380 e. The fourth-order valence-electron chi connectivity index (χ4n) is 2.75. The Balaban J connectivity index is 2.22. The molecule has 0 aliphatic heterocycles. The summed E-state index contributed by atoms with van der Waals surface area (Å²) in [5.74, 6) is 0. The van der Waals surface area contributed by atoms with E-state index in [4.69, 9.17) is 10.5 Å². The third-order valence-electron chi connectivity index (χ3n) is 3.83. The Morgan fingerprint density at radius 3 is 2.75 bits per heavy atom. The SMILES string of the molecule is COC1CCCC1NS(=O)(=O)c1ccc(CN)cc1C. The molecule has 2 atom stereocenters. The number of hydrogen-bond donors (Lipinski definition) is 2. The summed E-state index contributed by atoms with van der Waals surface area (Å²) in [6, 6.07) is 5.05. The average Bonchev–Trinajstić information content (AvgIpc) is 2.84. The Morgan fingerprint density at radius 2 is 2.15 bits per heavy atom. The van der Waals surface area contributed by atoms with Crippen LogP contribution in [0.2, 0.25) is 0 Å². The predicted octanol–water partition coefficient (Wildman–Crippen LogP) is 1.30. The van der Waals surface area contributed by atoms with E-state index in [0.29, 0.717) is 17.0 Å². The van der Waals surface area contributed by atoms with Gasteiger partial charge in [-0.05, 0) is 43.4 Å². The van der Waals surface area contributed by atoms with Crippen molar-refractivity contribution in [1.29, 1.82) is 0 Å². The van der Waals surface area contributed by atoms with Gasteiger partial charge in [-0.3, -0.25) is 0 Å². The topological polar surface area (TPSA) is 81.4 Å². The maximum atomic E-state index is 12.5. The second kappa shape index (κ2) is 6.22. The summed E-state index contributed by atoms with van der Waals surface area (Å²) >= 11 is 0. The van der Waals surface area contributed by atoms with Gasteiger partial charge in [0.25, 0.3) is 0 Å². The molecule has 0 amide bonds. The smallest absolute Gasteiger partial charge is 0.241 e. The molecule has 5 nitrogen and oxygen atoms in total. The lowest BCUT2D eigenvalue weighted by Crippen LogP contribution is -2.40.